The quantitative estimate of drug-likeness (QED) is 0.148. The van der Waals surface area contributed by atoms with Gasteiger partial charge in [0.25, 0.3) is 0 Å². The molecule has 0 atom stereocenters. The van der Waals surface area contributed by atoms with Gasteiger partial charge in [-0.3, -0.25) is 9.69 Å². The molecule has 1 saturated heterocycles. The van der Waals surface area contributed by atoms with E-state index in [0.29, 0.717) is 12.4 Å². The molecule has 1 aliphatic rings. The Balaban J connectivity index is 0.000000359. The van der Waals surface area contributed by atoms with Gasteiger partial charge in [-0.25, -0.2) is 8.78 Å². The highest BCUT2D eigenvalue weighted by atomic mass is 19.1. The van der Waals surface area contributed by atoms with Crippen LogP contribution in [0.5, 0.6) is 5.75 Å². The number of esters is 1. The minimum Gasteiger partial charge on any atom is -0.427 e. The van der Waals surface area contributed by atoms with Crippen molar-refractivity contribution in [2.24, 2.45) is 0 Å². The van der Waals surface area contributed by atoms with Crippen LogP contribution in [0.4, 0.5) is 8.78 Å². The average Bonchev–Trinajstić information content (AvgIpc) is 3.02. The third kappa shape index (κ3) is 11.1. The molecule has 0 unspecified atom stereocenters. The number of benzene rings is 4. The van der Waals surface area contributed by atoms with E-state index in [1.54, 1.807) is 36.4 Å². The largest absolute Gasteiger partial charge is 0.427 e. The van der Waals surface area contributed by atoms with Gasteiger partial charge >= 0.3 is 5.97 Å². The van der Waals surface area contributed by atoms with Crippen molar-refractivity contribution in [3.63, 3.8) is 0 Å². The van der Waals surface area contributed by atoms with E-state index in [4.69, 9.17) is 9.47 Å². The molecule has 4 aromatic carbocycles. The monoisotopic (exact) mass is 584 g/mol. The molecular formula is C36H38F2N2O3. The molecule has 224 valence electrons. The number of piperazine rings is 1. The summed E-state index contributed by atoms with van der Waals surface area (Å²) < 4.78 is 37.8. The number of carbonyl (C=O) groups is 1. The zero-order valence-electron chi connectivity index (χ0n) is 24.4. The number of hydrogen-bond acceptors (Lipinski definition) is 5. The number of allylic oxidation sites excluding steroid dienone is 1. The number of halogens is 2. The van der Waals surface area contributed by atoms with E-state index < -0.39 is 0 Å². The van der Waals surface area contributed by atoms with Gasteiger partial charge in [-0.15, -0.1) is 0 Å². The lowest BCUT2D eigenvalue weighted by molar-refractivity contribution is -0.131. The van der Waals surface area contributed by atoms with Crippen molar-refractivity contribution in [3.05, 3.63) is 150 Å². The van der Waals surface area contributed by atoms with E-state index in [9.17, 15) is 13.6 Å². The highest BCUT2D eigenvalue weighted by Crippen LogP contribution is 2.26. The van der Waals surface area contributed by atoms with E-state index in [-0.39, 0.29) is 23.7 Å². The van der Waals surface area contributed by atoms with Crippen LogP contribution in [0, 0.1) is 11.6 Å². The summed E-state index contributed by atoms with van der Waals surface area (Å²) in [7, 11) is 0. The summed E-state index contributed by atoms with van der Waals surface area (Å²) >= 11 is 0. The first-order valence-corrected chi connectivity index (χ1v) is 14.5. The third-order valence-electron chi connectivity index (χ3n) is 6.96. The first-order chi connectivity index (χ1) is 21.0. The first kappa shape index (κ1) is 31.6. The Labute approximate surface area is 253 Å². The molecule has 1 heterocycles. The number of nitrogens with zero attached hydrogens (tertiary/aromatic N) is 2. The van der Waals surface area contributed by atoms with E-state index in [0.717, 1.165) is 50.3 Å². The van der Waals surface area contributed by atoms with E-state index in [1.807, 2.05) is 24.3 Å². The molecule has 7 heteroatoms. The molecule has 1 fully saturated rings. The van der Waals surface area contributed by atoms with Gasteiger partial charge in [0, 0.05) is 39.6 Å². The third-order valence-corrected chi connectivity index (χ3v) is 6.96. The van der Waals surface area contributed by atoms with Crippen molar-refractivity contribution in [1.29, 1.82) is 0 Å². The summed E-state index contributed by atoms with van der Waals surface area (Å²) in [5, 5.41) is 0. The Hall–Kier alpha value is -4.33. The molecule has 0 spiro atoms. The highest BCUT2D eigenvalue weighted by Gasteiger charge is 2.18. The summed E-state index contributed by atoms with van der Waals surface area (Å²) in [5.41, 5.74) is 3.04. The second kappa shape index (κ2) is 16.9. The zero-order chi connectivity index (χ0) is 30.3. The van der Waals surface area contributed by atoms with E-state index in [2.05, 4.69) is 46.3 Å². The molecule has 0 saturated carbocycles. The lowest BCUT2D eigenvalue weighted by Gasteiger charge is -2.34. The van der Waals surface area contributed by atoms with Crippen LogP contribution in [-0.2, 0) is 16.0 Å². The lowest BCUT2D eigenvalue weighted by atomic mass is 10.0. The Kier molecular flexibility index (Phi) is 12.5. The number of carbonyl (C=O) groups excluding carboxylic acids is 1. The minimum atomic E-state index is -0.353. The summed E-state index contributed by atoms with van der Waals surface area (Å²) in [5.74, 6) is -0.263. The van der Waals surface area contributed by atoms with Gasteiger partial charge in [0.1, 0.15) is 23.5 Å². The van der Waals surface area contributed by atoms with Crippen LogP contribution in [0.15, 0.2) is 121 Å². The van der Waals surface area contributed by atoms with Crippen LogP contribution >= 0.6 is 0 Å². The Morgan fingerprint density at radius 3 is 1.84 bits per heavy atom. The van der Waals surface area contributed by atoms with Crippen LogP contribution in [0.1, 0.15) is 29.7 Å². The molecule has 0 aromatic heterocycles. The summed E-state index contributed by atoms with van der Waals surface area (Å²) in [6.07, 6.45) is 5.03. The number of rotatable bonds is 10. The standard InChI is InChI=1S/C28H30F2N2O.C8H8O2/c29-26-12-8-24(9-13-26)28(25-10-14-27(30)15-11-25)33-22-21-32-19-17-31(18-20-32)16-4-7-23-5-2-1-3-6-23;1-7(9)10-8-5-3-2-4-6-8/h1-6,8-16,28H,7,17-22H2;2-6H,1H3/b16-4+;. The zero-order valence-corrected chi connectivity index (χ0v) is 24.4. The normalized spacial score (nSPS) is 13.5. The van der Waals surface area contributed by atoms with E-state index >= 15 is 0 Å². The second-order valence-electron chi connectivity index (χ2n) is 10.2. The lowest BCUT2D eigenvalue weighted by Crippen LogP contribution is -2.45. The minimum absolute atomic E-state index is 0.285. The number of hydrogen-bond donors (Lipinski definition) is 0. The van der Waals surface area contributed by atoms with Gasteiger partial charge in [0.15, 0.2) is 0 Å². The molecular weight excluding hydrogens is 546 g/mol. The van der Waals surface area contributed by atoms with Gasteiger partial charge in [-0.2, -0.15) is 0 Å². The second-order valence-corrected chi connectivity index (χ2v) is 10.2. The predicted octanol–water partition coefficient (Wildman–Crippen LogP) is 7.06. The maximum absolute atomic E-state index is 13.4. The Bertz CT molecular complexity index is 1340. The maximum Gasteiger partial charge on any atom is 0.308 e. The van der Waals surface area contributed by atoms with Gasteiger partial charge in [0.05, 0.1) is 6.61 Å². The van der Waals surface area contributed by atoms with Crippen molar-refractivity contribution in [2.75, 3.05) is 39.3 Å². The molecule has 5 rings (SSSR count). The van der Waals surface area contributed by atoms with Crippen LogP contribution in [0.25, 0.3) is 0 Å². The summed E-state index contributed by atoms with van der Waals surface area (Å²) in [6.45, 7) is 6.69. The predicted molar refractivity (Wildman–Crippen MR) is 166 cm³/mol. The van der Waals surface area contributed by atoms with Crippen molar-refractivity contribution in [1.82, 2.24) is 9.80 Å². The smallest absolute Gasteiger partial charge is 0.308 e. The molecule has 0 radical (unpaired) electrons. The summed E-state index contributed by atoms with van der Waals surface area (Å²) in [4.78, 5) is 15.1. The Morgan fingerprint density at radius 1 is 0.767 bits per heavy atom. The molecule has 4 aromatic rings. The highest BCUT2D eigenvalue weighted by molar-refractivity contribution is 5.69. The maximum atomic E-state index is 13.4. The van der Waals surface area contributed by atoms with Gasteiger partial charge in [0.2, 0.25) is 0 Å². The van der Waals surface area contributed by atoms with E-state index in [1.165, 1.54) is 36.8 Å². The molecule has 5 nitrogen and oxygen atoms in total. The number of ether oxygens (including phenoxy) is 2. The topological polar surface area (TPSA) is 42.0 Å². The fraction of sp³-hybridized carbons (Fsp3) is 0.250. The molecule has 0 N–H and O–H groups in total. The van der Waals surface area contributed by atoms with Gasteiger partial charge in [-0.05, 0) is 65.7 Å². The van der Waals surface area contributed by atoms with Crippen LogP contribution in [0.2, 0.25) is 0 Å². The molecule has 0 bridgehead atoms. The fourth-order valence-electron chi connectivity index (χ4n) is 4.70. The molecule has 0 aliphatic carbocycles. The molecule has 0 amide bonds. The van der Waals surface area contributed by atoms with Crippen LogP contribution in [-0.4, -0.2) is 55.1 Å². The van der Waals surface area contributed by atoms with Crippen molar-refractivity contribution in [2.45, 2.75) is 19.4 Å². The molecule has 1 aliphatic heterocycles. The summed E-state index contributed by atoms with van der Waals surface area (Å²) in [6, 6.07) is 32.1. The van der Waals surface area contributed by atoms with Crippen molar-refractivity contribution >= 4 is 5.97 Å². The Morgan fingerprint density at radius 2 is 1.30 bits per heavy atom. The van der Waals surface area contributed by atoms with Gasteiger partial charge < -0.3 is 14.4 Å². The SMILES string of the molecule is CC(=O)Oc1ccccc1.Fc1ccc(C(OCCN2CCN(/C=C/Cc3ccccc3)CC2)c2ccc(F)cc2)cc1. The van der Waals surface area contributed by atoms with Crippen molar-refractivity contribution in [3.8, 4) is 5.75 Å². The first-order valence-electron chi connectivity index (χ1n) is 14.5. The number of para-hydroxylation sites is 1. The molecule has 43 heavy (non-hydrogen) atoms. The van der Waals surface area contributed by atoms with Gasteiger partial charge in [-0.1, -0.05) is 78.9 Å². The average molecular weight is 585 g/mol. The van der Waals surface area contributed by atoms with Crippen LogP contribution < -0.4 is 4.74 Å². The fourth-order valence-corrected chi connectivity index (χ4v) is 4.70. The van der Waals surface area contributed by atoms with Crippen molar-refractivity contribution < 1.29 is 23.0 Å². The van der Waals surface area contributed by atoms with Crippen LogP contribution in [0.3, 0.4) is 0 Å².